The molecule has 1 aliphatic rings. The molecule has 7 heteroatoms. The molecule has 3 rings (SSSR count). The number of rotatable bonds is 7. The minimum Gasteiger partial charge on any atom is -0.379 e. The number of halogens is 3. The highest BCUT2D eigenvalue weighted by Gasteiger charge is 2.33. The minimum atomic E-state index is -4.37. The zero-order chi connectivity index (χ0) is 18.4. The largest absolute Gasteiger partial charge is 0.418 e. The summed E-state index contributed by atoms with van der Waals surface area (Å²) in [6.07, 6.45) is -1.70. The number of hydrogen-bond acceptors (Lipinski definition) is 3. The van der Waals surface area contributed by atoms with Crippen LogP contribution in [0.25, 0.3) is 5.69 Å². The first-order chi connectivity index (χ1) is 12.6. The lowest BCUT2D eigenvalue weighted by molar-refractivity contribution is -0.137. The molecule has 1 aromatic heterocycles. The van der Waals surface area contributed by atoms with Gasteiger partial charge in [-0.25, -0.2) is 0 Å². The SMILES string of the molecule is FC(F)(F)c1ccccc1-n1cccc1CNCCCN1CCOCC1. The van der Waals surface area contributed by atoms with Crippen molar-refractivity contribution in [3.05, 3.63) is 53.9 Å². The number of hydrogen-bond donors (Lipinski definition) is 1. The number of morpholine rings is 1. The van der Waals surface area contributed by atoms with Crippen LogP contribution in [-0.2, 0) is 17.5 Å². The number of nitrogens with one attached hydrogen (secondary N) is 1. The standard InChI is InChI=1S/C19H24F3N3O/c20-19(21,22)17-6-1-2-7-18(17)25-10-3-5-16(25)15-23-8-4-9-24-11-13-26-14-12-24/h1-3,5-7,10,23H,4,8-9,11-15H2. The van der Waals surface area contributed by atoms with Crippen molar-refractivity contribution in [3.63, 3.8) is 0 Å². The van der Waals surface area contributed by atoms with Crippen LogP contribution in [0.15, 0.2) is 42.6 Å². The van der Waals surface area contributed by atoms with Gasteiger partial charge in [0.15, 0.2) is 0 Å². The molecule has 142 valence electrons. The summed E-state index contributed by atoms with van der Waals surface area (Å²) in [5.74, 6) is 0. The Balaban J connectivity index is 1.56. The predicted molar refractivity (Wildman–Crippen MR) is 94.4 cm³/mol. The van der Waals surface area contributed by atoms with E-state index in [1.54, 1.807) is 22.9 Å². The van der Waals surface area contributed by atoms with Crippen LogP contribution in [0.1, 0.15) is 17.7 Å². The molecule has 0 aliphatic carbocycles. The first kappa shape index (κ1) is 18.9. The van der Waals surface area contributed by atoms with Gasteiger partial charge in [-0.2, -0.15) is 13.2 Å². The summed E-state index contributed by atoms with van der Waals surface area (Å²) in [6.45, 7) is 5.88. The lowest BCUT2D eigenvalue weighted by Crippen LogP contribution is -2.37. The van der Waals surface area contributed by atoms with Gasteiger partial charge >= 0.3 is 6.18 Å². The number of aromatic nitrogens is 1. The maximum atomic E-state index is 13.3. The van der Waals surface area contributed by atoms with E-state index in [0.29, 0.717) is 6.54 Å². The minimum absolute atomic E-state index is 0.162. The number of benzene rings is 1. The third-order valence-electron chi connectivity index (χ3n) is 4.54. The molecule has 0 saturated carbocycles. The zero-order valence-electron chi connectivity index (χ0n) is 14.6. The highest BCUT2D eigenvalue weighted by Crippen LogP contribution is 2.34. The second-order valence-electron chi connectivity index (χ2n) is 6.37. The average molecular weight is 367 g/mol. The van der Waals surface area contributed by atoms with E-state index >= 15 is 0 Å². The van der Waals surface area contributed by atoms with Crippen LogP contribution in [0, 0.1) is 0 Å². The highest BCUT2D eigenvalue weighted by atomic mass is 19.4. The molecule has 4 nitrogen and oxygen atoms in total. The summed E-state index contributed by atoms with van der Waals surface area (Å²) in [5.41, 5.74) is 0.355. The second kappa shape index (κ2) is 8.70. The first-order valence-electron chi connectivity index (χ1n) is 8.89. The first-order valence-corrected chi connectivity index (χ1v) is 8.89. The van der Waals surface area contributed by atoms with Crippen molar-refractivity contribution in [3.8, 4) is 5.69 Å². The van der Waals surface area contributed by atoms with E-state index in [-0.39, 0.29) is 5.69 Å². The maximum Gasteiger partial charge on any atom is 0.418 e. The Morgan fingerprint density at radius 2 is 1.81 bits per heavy atom. The van der Waals surface area contributed by atoms with Crippen molar-refractivity contribution < 1.29 is 17.9 Å². The van der Waals surface area contributed by atoms with E-state index in [4.69, 9.17) is 4.74 Å². The molecule has 1 N–H and O–H groups in total. The summed E-state index contributed by atoms with van der Waals surface area (Å²) in [7, 11) is 0. The summed E-state index contributed by atoms with van der Waals surface area (Å²) < 4.78 is 46.7. The summed E-state index contributed by atoms with van der Waals surface area (Å²) in [5, 5.41) is 3.34. The fourth-order valence-corrected chi connectivity index (χ4v) is 3.19. The molecular weight excluding hydrogens is 343 g/mol. The molecule has 1 saturated heterocycles. The van der Waals surface area contributed by atoms with Gasteiger partial charge in [-0.1, -0.05) is 12.1 Å². The topological polar surface area (TPSA) is 29.4 Å². The lowest BCUT2D eigenvalue weighted by Gasteiger charge is -2.26. The lowest BCUT2D eigenvalue weighted by atomic mass is 10.1. The molecule has 0 radical (unpaired) electrons. The van der Waals surface area contributed by atoms with Gasteiger partial charge in [-0.3, -0.25) is 4.90 Å². The van der Waals surface area contributed by atoms with Crippen molar-refractivity contribution in [2.75, 3.05) is 39.4 Å². The van der Waals surface area contributed by atoms with E-state index < -0.39 is 11.7 Å². The molecule has 2 heterocycles. The molecule has 0 spiro atoms. The normalized spacial score (nSPS) is 16.1. The summed E-state index contributed by atoms with van der Waals surface area (Å²) in [4.78, 5) is 2.37. The van der Waals surface area contributed by atoms with E-state index in [0.717, 1.165) is 57.6 Å². The van der Waals surface area contributed by atoms with Crippen LogP contribution >= 0.6 is 0 Å². The van der Waals surface area contributed by atoms with E-state index in [1.165, 1.54) is 12.1 Å². The Kier molecular flexibility index (Phi) is 6.34. The van der Waals surface area contributed by atoms with Crippen molar-refractivity contribution in [2.45, 2.75) is 19.1 Å². The number of alkyl halides is 3. The molecule has 1 aromatic carbocycles. The van der Waals surface area contributed by atoms with E-state index in [2.05, 4.69) is 10.2 Å². The van der Waals surface area contributed by atoms with Crippen LogP contribution in [0.2, 0.25) is 0 Å². The predicted octanol–water partition coefficient (Wildman–Crippen LogP) is 3.31. The Hall–Kier alpha value is -1.83. The highest BCUT2D eigenvalue weighted by molar-refractivity contribution is 5.44. The Labute approximate surface area is 151 Å². The van der Waals surface area contributed by atoms with Gasteiger partial charge in [0.05, 0.1) is 24.5 Å². The Bertz CT molecular complexity index is 693. The Morgan fingerprint density at radius 3 is 2.58 bits per heavy atom. The van der Waals surface area contributed by atoms with Crippen LogP contribution in [-0.4, -0.2) is 48.9 Å². The fourth-order valence-electron chi connectivity index (χ4n) is 3.19. The second-order valence-corrected chi connectivity index (χ2v) is 6.37. The van der Waals surface area contributed by atoms with Crippen molar-refractivity contribution in [1.82, 2.24) is 14.8 Å². The van der Waals surface area contributed by atoms with Gasteiger partial charge in [0.25, 0.3) is 0 Å². The van der Waals surface area contributed by atoms with Crippen molar-refractivity contribution in [1.29, 1.82) is 0 Å². The van der Waals surface area contributed by atoms with E-state index in [1.807, 2.05) is 6.07 Å². The van der Waals surface area contributed by atoms with Gasteiger partial charge in [0, 0.05) is 31.5 Å². The monoisotopic (exact) mass is 367 g/mol. The van der Waals surface area contributed by atoms with Gasteiger partial charge in [0.2, 0.25) is 0 Å². The quantitative estimate of drug-likeness (QED) is 0.762. The molecule has 1 aliphatic heterocycles. The third kappa shape index (κ3) is 4.87. The molecule has 1 fully saturated rings. The van der Waals surface area contributed by atoms with Crippen LogP contribution in [0.5, 0.6) is 0 Å². The van der Waals surface area contributed by atoms with Crippen LogP contribution < -0.4 is 5.32 Å². The third-order valence-corrected chi connectivity index (χ3v) is 4.54. The van der Waals surface area contributed by atoms with Gasteiger partial charge in [-0.05, 0) is 43.8 Å². The molecule has 2 aromatic rings. The van der Waals surface area contributed by atoms with Crippen LogP contribution in [0.3, 0.4) is 0 Å². The van der Waals surface area contributed by atoms with Crippen molar-refractivity contribution >= 4 is 0 Å². The average Bonchev–Trinajstić information content (AvgIpc) is 3.10. The fraction of sp³-hybridized carbons (Fsp3) is 0.474. The maximum absolute atomic E-state index is 13.3. The summed E-state index contributed by atoms with van der Waals surface area (Å²) in [6, 6.07) is 9.29. The van der Waals surface area contributed by atoms with Crippen LogP contribution in [0.4, 0.5) is 13.2 Å². The number of nitrogens with zero attached hydrogens (tertiary/aromatic N) is 2. The van der Waals surface area contributed by atoms with E-state index in [9.17, 15) is 13.2 Å². The van der Waals surface area contributed by atoms with Gasteiger partial charge in [-0.15, -0.1) is 0 Å². The smallest absolute Gasteiger partial charge is 0.379 e. The Morgan fingerprint density at radius 1 is 1.04 bits per heavy atom. The molecule has 0 atom stereocenters. The van der Waals surface area contributed by atoms with Gasteiger partial charge < -0.3 is 14.6 Å². The summed E-state index contributed by atoms with van der Waals surface area (Å²) >= 11 is 0. The zero-order valence-corrected chi connectivity index (χ0v) is 14.6. The molecule has 0 bridgehead atoms. The molecule has 26 heavy (non-hydrogen) atoms. The van der Waals surface area contributed by atoms with Gasteiger partial charge in [0.1, 0.15) is 0 Å². The molecule has 0 amide bonds. The van der Waals surface area contributed by atoms with Crippen molar-refractivity contribution in [2.24, 2.45) is 0 Å². The molecule has 0 unspecified atom stereocenters. The number of para-hydroxylation sites is 1. The number of ether oxygens (including phenoxy) is 1. The molecular formula is C19H24F3N3O.